The van der Waals surface area contributed by atoms with Crippen LogP contribution < -0.4 is 5.43 Å². The molecule has 25 heavy (non-hydrogen) atoms. The lowest BCUT2D eigenvalue weighted by molar-refractivity contribution is -0.137. The third-order valence-corrected chi connectivity index (χ3v) is 5.02. The number of carboxylic acids is 1. The third kappa shape index (κ3) is 6.27. The lowest BCUT2D eigenvalue weighted by Gasteiger charge is -2.23. The van der Waals surface area contributed by atoms with E-state index in [4.69, 9.17) is 9.84 Å². The molecule has 140 valence electrons. The maximum absolute atomic E-state index is 11.6. The molecule has 6 nitrogen and oxygen atoms in total. The van der Waals surface area contributed by atoms with Crippen molar-refractivity contribution in [1.82, 2.24) is 5.43 Å². The van der Waals surface area contributed by atoms with Crippen LogP contribution in [-0.4, -0.2) is 35.4 Å². The molecular weight excluding hydrogens is 320 g/mol. The molecule has 2 N–H and O–H groups in total. The topological polar surface area (TPSA) is 88.0 Å². The summed E-state index contributed by atoms with van der Waals surface area (Å²) in [6, 6.07) is 0. The summed E-state index contributed by atoms with van der Waals surface area (Å²) in [5.41, 5.74) is 2.62. The highest BCUT2D eigenvalue weighted by Crippen LogP contribution is 2.44. The van der Waals surface area contributed by atoms with Crippen LogP contribution in [0.5, 0.6) is 0 Å². The molecule has 0 aliphatic carbocycles. The van der Waals surface area contributed by atoms with Crippen LogP contribution >= 0.6 is 0 Å². The van der Waals surface area contributed by atoms with E-state index in [1.165, 1.54) is 0 Å². The number of nitrogens with zero attached hydrogens (tertiary/aromatic N) is 1. The number of carboxylic acid groups (broad SMARTS) is 1. The standard InChI is InChI=1S/C19H30N2O4/c1-2-3-9-18(22)21-20-13-15-14(16-11-12-17(15)25-16)8-6-4-5-7-10-19(23)24/h4,6,13-17H,2-3,5,7-12H2,1H3,(H,21,22)(H,23,24)/b6-4-,20-13?/t14-,15-,16-,17+/m1/s1. The van der Waals surface area contributed by atoms with Crippen molar-refractivity contribution in [1.29, 1.82) is 0 Å². The lowest BCUT2D eigenvalue weighted by atomic mass is 9.78. The van der Waals surface area contributed by atoms with Gasteiger partial charge in [0, 0.05) is 25.0 Å². The molecule has 2 rings (SSSR count). The molecule has 0 saturated carbocycles. The van der Waals surface area contributed by atoms with Crippen LogP contribution in [0.4, 0.5) is 0 Å². The van der Waals surface area contributed by atoms with Crippen molar-refractivity contribution >= 4 is 18.1 Å². The molecule has 4 atom stereocenters. The number of amides is 1. The second-order valence-corrected chi connectivity index (χ2v) is 6.94. The fourth-order valence-corrected chi connectivity index (χ4v) is 3.66. The Kier molecular flexibility index (Phi) is 8.12. The van der Waals surface area contributed by atoms with E-state index >= 15 is 0 Å². The van der Waals surface area contributed by atoms with Crippen molar-refractivity contribution in [3.63, 3.8) is 0 Å². The molecule has 2 saturated heterocycles. The summed E-state index contributed by atoms with van der Waals surface area (Å²) in [5, 5.41) is 12.8. The number of carbonyl (C=O) groups excluding carboxylic acids is 1. The maximum Gasteiger partial charge on any atom is 0.303 e. The number of hydrogen-bond donors (Lipinski definition) is 2. The van der Waals surface area contributed by atoms with Gasteiger partial charge in [0.1, 0.15) is 0 Å². The van der Waals surface area contributed by atoms with Crippen LogP contribution in [0, 0.1) is 11.8 Å². The lowest BCUT2D eigenvalue weighted by Crippen LogP contribution is -2.29. The number of hydrazone groups is 1. The monoisotopic (exact) mass is 350 g/mol. The Balaban J connectivity index is 1.77. The first-order valence-electron chi connectivity index (χ1n) is 9.46. The first kappa shape index (κ1) is 19.6. The Morgan fingerprint density at radius 3 is 2.76 bits per heavy atom. The van der Waals surface area contributed by atoms with Crippen LogP contribution in [0.2, 0.25) is 0 Å². The smallest absolute Gasteiger partial charge is 0.303 e. The predicted molar refractivity (Wildman–Crippen MR) is 96.3 cm³/mol. The fourth-order valence-electron chi connectivity index (χ4n) is 3.66. The minimum Gasteiger partial charge on any atom is -0.481 e. The van der Waals surface area contributed by atoms with Crippen LogP contribution in [0.15, 0.2) is 17.3 Å². The van der Waals surface area contributed by atoms with Gasteiger partial charge in [-0.25, -0.2) is 5.43 Å². The summed E-state index contributed by atoms with van der Waals surface area (Å²) in [7, 11) is 0. The number of fused-ring (bicyclic) bond motifs is 2. The second-order valence-electron chi connectivity index (χ2n) is 6.94. The van der Waals surface area contributed by atoms with Crippen molar-refractivity contribution in [2.45, 2.75) is 76.9 Å². The summed E-state index contributed by atoms with van der Waals surface area (Å²) < 4.78 is 6.01. The molecule has 2 heterocycles. The van der Waals surface area contributed by atoms with Gasteiger partial charge in [0.25, 0.3) is 0 Å². The number of aliphatic carboxylic acids is 1. The molecule has 0 unspecified atom stereocenters. The summed E-state index contributed by atoms with van der Waals surface area (Å²) >= 11 is 0. The number of hydrogen-bond acceptors (Lipinski definition) is 4. The zero-order chi connectivity index (χ0) is 18.1. The first-order chi connectivity index (χ1) is 12.1. The van der Waals surface area contributed by atoms with E-state index in [-0.39, 0.29) is 30.5 Å². The Hall–Kier alpha value is -1.69. The van der Waals surface area contributed by atoms with Gasteiger partial charge in [-0.2, -0.15) is 5.10 Å². The molecule has 6 heteroatoms. The van der Waals surface area contributed by atoms with Gasteiger partial charge in [0.05, 0.1) is 12.2 Å². The van der Waals surface area contributed by atoms with Gasteiger partial charge in [-0.3, -0.25) is 9.59 Å². The fraction of sp³-hybridized carbons (Fsp3) is 0.737. The summed E-state index contributed by atoms with van der Waals surface area (Å²) in [6.45, 7) is 2.06. The molecule has 0 aromatic rings. The van der Waals surface area contributed by atoms with Gasteiger partial charge in [-0.05, 0) is 44.4 Å². The van der Waals surface area contributed by atoms with E-state index in [0.29, 0.717) is 18.8 Å². The van der Waals surface area contributed by atoms with E-state index in [0.717, 1.165) is 38.5 Å². The highest BCUT2D eigenvalue weighted by molar-refractivity contribution is 5.77. The summed E-state index contributed by atoms with van der Waals surface area (Å²) in [6.07, 6.45) is 13.7. The van der Waals surface area contributed by atoms with Gasteiger partial charge >= 0.3 is 5.97 Å². The number of allylic oxidation sites excluding steroid dienone is 2. The van der Waals surface area contributed by atoms with Crippen molar-refractivity contribution in [3.8, 4) is 0 Å². The zero-order valence-corrected chi connectivity index (χ0v) is 15.0. The molecule has 0 aromatic heterocycles. The Morgan fingerprint density at radius 1 is 1.20 bits per heavy atom. The second kappa shape index (κ2) is 10.3. The van der Waals surface area contributed by atoms with E-state index in [9.17, 15) is 9.59 Å². The van der Waals surface area contributed by atoms with Crippen LogP contribution in [0.25, 0.3) is 0 Å². The molecule has 1 amide bonds. The molecule has 2 aliphatic heterocycles. The van der Waals surface area contributed by atoms with Crippen molar-refractivity contribution in [3.05, 3.63) is 12.2 Å². The van der Waals surface area contributed by atoms with Gasteiger partial charge in [0.15, 0.2) is 0 Å². The molecule has 0 radical (unpaired) electrons. The number of nitrogens with one attached hydrogen (secondary N) is 1. The van der Waals surface area contributed by atoms with Crippen LogP contribution in [0.3, 0.4) is 0 Å². The number of unbranched alkanes of at least 4 members (excludes halogenated alkanes) is 2. The highest BCUT2D eigenvalue weighted by atomic mass is 16.5. The zero-order valence-electron chi connectivity index (χ0n) is 15.0. The predicted octanol–water partition coefficient (Wildman–Crippen LogP) is 3.27. The Labute approximate surface area is 149 Å². The SMILES string of the molecule is CCCCC(=O)NN=C[C@@H]1[C@@H](C/C=C\CCCC(=O)O)[C@H]2CC[C@@H]1O2. The summed E-state index contributed by atoms with van der Waals surface area (Å²) in [4.78, 5) is 22.1. The van der Waals surface area contributed by atoms with E-state index in [2.05, 4.69) is 29.6 Å². The minimum atomic E-state index is -0.743. The average Bonchev–Trinajstić information content (AvgIpc) is 3.18. The van der Waals surface area contributed by atoms with Crippen molar-refractivity contribution in [2.24, 2.45) is 16.9 Å². The quantitative estimate of drug-likeness (QED) is 0.259. The van der Waals surface area contributed by atoms with Crippen molar-refractivity contribution < 1.29 is 19.4 Å². The number of carbonyl (C=O) groups is 2. The molecule has 0 aromatic carbocycles. The normalized spacial score (nSPS) is 28.2. The largest absolute Gasteiger partial charge is 0.481 e. The number of rotatable bonds is 11. The first-order valence-corrected chi connectivity index (χ1v) is 9.46. The highest BCUT2D eigenvalue weighted by Gasteiger charge is 2.47. The Bertz CT molecular complexity index is 504. The van der Waals surface area contributed by atoms with E-state index in [1.807, 2.05) is 6.21 Å². The molecule has 2 fully saturated rings. The molecular formula is C19H30N2O4. The third-order valence-electron chi connectivity index (χ3n) is 5.02. The van der Waals surface area contributed by atoms with E-state index in [1.54, 1.807) is 0 Å². The minimum absolute atomic E-state index is 0.0305. The average molecular weight is 350 g/mol. The summed E-state index contributed by atoms with van der Waals surface area (Å²) in [5.74, 6) is -0.135. The molecule has 2 bridgehead atoms. The van der Waals surface area contributed by atoms with Crippen LogP contribution in [-0.2, 0) is 14.3 Å². The van der Waals surface area contributed by atoms with Crippen molar-refractivity contribution in [2.75, 3.05) is 0 Å². The Morgan fingerprint density at radius 2 is 2.00 bits per heavy atom. The van der Waals surface area contributed by atoms with E-state index < -0.39 is 5.97 Å². The van der Waals surface area contributed by atoms with Gasteiger partial charge < -0.3 is 9.84 Å². The number of ether oxygens (including phenoxy) is 1. The van der Waals surface area contributed by atoms with Gasteiger partial charge in [-0.15, -0.1) is 0 Å². The van der Waals surface area contributed by atoms with Gasteiger partial charge in [0.2, 0.25) is 5.91 Å². The molecule has 2 aliphatic rings. The van der Waals surface area contributed by atoms with Gasteiger partial charge in [-0.1, -0.05) is 25.5 Å². The molecule has 0 spiro atoms. The maximum atomic E-state index is 11.6. The van der Waals surface area contributed by atoms with Crippen LogP contribution in [0.1, 0.15) is 64.7 Å².